The molecule has 2 amide bonds. The first-order valence-electron chi connectivity index (χ1n) is 8.73. The van der Waals surface area contributed by atoms with Crippen LogP contribution in [0.4, 0.5) is 10.1 Å². The number of rotatable bonds is 7. The standard InChI is InChI=1S/C20H21FN2O5/c1-26-17-10-18(27-2)16(23-20(25)15-6-7-19(24)22-15)8-12(17)11-28-14-5-3-4-13(21)9-14/h3-5,8-10,15H,6-7,11H2,1-2H3,(H,22,24)(H,23,25). The Bertz CT molecular complexity index is 887. The summed E-state index contributed by atoms with van der Waals surface area (Å²) in [5.41, 5.74) is 1.06. The molecule has 1 saturated heterocycles. The second-order valence-corrected chi connectivity index (χ2v) is 6.26. The summed E-state index contributed by atoms with van der Waals surface area (Å²) in [6.07, 6.45) is 0.767. The van der Waals surface area contributed by atoms with E-state index < -0.39 is 11.9 Å². The molecule has 0 aromatic heterocycles. The minimum Gasteiger partial charge on any atom is -0.496 e. The monoisotopic (exact) mass is 388 g/mol. The zero-order chi connectivity index (χ0) is 20.1. The highest BCUT2D eigenvalue weighted by molar-refractivity contribution is 6.00. The summed E-state index contributed by atoms with van der Waals surface area (Å²) in [5, 5.41) is 5.40. The van der Waals surface area contributed by atoms with Gasteiger partial charge in [-0.25, -0.2) is 4.39 Å². The van der Waals surface area contributed by atoms with Gasteiger partial charge in [-0.2, -0.15) is 0 Å². The Morgan fingerprint density at radius 3 is 2.64 bits per heavy atom. The molecule has 1 unspecified atom stereocenters. The van der Waals surface area contributed by atoms with Crippen LogP contribution in [-0.2, 0) is 16.2 Å². The van der Waals surface area contributed by atoms with Crippen LogP contribution in [0.5, 0.6) is 17.2 Å². The maximum atomic E-state index is 13.3. The number of nitrogens with one attached hydrogen (secondary N) is 2. The molecular formula is C20H21FN2O5. The van der Waals surface area contributed by atoms with Crippen LogP contribution in [0.15, 0.2) is 36.4 Å². The van der Waals surface area contributed by atoms with Crippen molar-refractivity contribution in [1.29, 1.82) is 0 Å². The average molecular weight is 388 g/mol. The highest BCUT2D eigenvalue weighted by Gasteiger charge is 2.28. The Hall–Kier alpha value is -3.29. The van der Waals surface area contributed by atoms with Crippen molar-refractivity contribution in [1.82, 2.24) is 5.32 Å². The maximum Gasteiger partial charge on any atom is 0.247 e. The molecule has 3 rings (SSSR count). The van der Waals surface area contributed by atoms with Gasteiger partial charge >= 0.3 is 0 Å². The molecule has 8 heteroatoms. The summed E-state index contributed by atoms with van der Waals surface area (Å²) in [4.78, 5) is 23.8. The number of benzene rings is 2. The van der Waals surface area contributed by atoms with Crippen molar-refractivity contribution in [3.8, 4) is 17.2 Å². The molecule has 0 radical (unpaired) electrons. The van der Waals surface area contributed by atoms with Gasteiger partial charge < -0.3 is 24.8 Å². The first kappa shape index (κ1) is 19.5. The van der Waals surface area contributed by atoms with Gasteiger partial charge in [-0.1, -0.05) is 6.07 Å². The molecule has 2 N–H and O–H groups in total. The van der Waals surface area contributed by atoms with Gasteiger partial charge in [0.1, 0.15) is 35.7 Å². The number of carbonyl (C=O) groups is 2. The quantitative estimate of drug-likeness (QED) is 0.762. The number of methoxy groups -OCH3 is 2. The third kappa shape index (κ3) is 4.51. The zero-order valence-electron chi connectivity index (χ0n) is 15.6. The van der Waals surface area contributed by atoms with Crippen molar-refractivity contribution in [2.75, 3.05) is 19.5 Å². The van der Waals surface area contributed by atoms with E-state index in [0.29, 0.717) is 41.3 Å². The summed E-state index contributed by atoms with van der Waals surface area (Å²) in [7, 11) is 2.98. The summed E-state index contributed by atoms with van der Waals surface area (Å²) in [6, 6.07) is 8.53. The summed E-state index contributed by atoms with van der Waals surface area (Å²) in [6.45, 7) is 0.0969. The van der Waals surface area contributed by atoms with Gasteiger partial charge in [0.2, 0.25) is 11.8 Å². The third-order valence-corrected chi connectivity index (χ3v) is 4.36. The third-order valence-electron chi connectivity index (χ3n) is 4.36. The topological polar surface area (TPSA) is 85.9 Å². The van der Waals surface area contributed by atoms with Crippen LogP contribution < -0.4 is 24.8 Å². The van der Waals surface area contributed by atoms with Gasteiger partial charge in [0, 0.05) is 24.1 Å². The van der Waals surface area contributed by atoms with Crippen LogP contribution in [0.1, 0.15) is 18.4 Å². The fourth-order valence-electron chi connectivity index (χ4n) is 2.92. The van der Waals surface area contributed by atoms with E-state index in [9.17, 15) is 14.0 Å². The molecule has 1 atom stereocenters. The predicted octanol–water partition coefficient (Wildman–Crippen LogP) is 2.64. The van der Waals surface area contributed by atoms with Gasteiger partial charge in [0.15, 0.2) is 0 Å². The van der Waals surface area contributed by atoms with Crippen molar-refractivity contribution in [2.24, 2.45) is 0 Å². The number of amides is 2. The molecule has 0 saturated carbocycles. The van der Waals surface area contributed by atoms with Crippen molar-refractivity contribution in [3.05, 3.63) is 47.8 Å². The lowest BCUT2D eigenvalue weighted by atomic mass is 10.1. The maximum absolute atomic E-state index is 13.3. The summed E-state index contributed by atoms with van der Waals surface area (Å²) < 4.78 is 29.7. The van der Waals surface area contributed by atoms with E-state index in [1.807, 2.05) is 0 Å². The number of halogens is 1. The van der Waals surface area contributed by atoms with Crippen LogP contribution in [0.2, 0.25) is 0 Å². The molecule has 1 aliphatic heterocycles. The van der Waals surface area contributed by atoms with Crippen LogP contribution in [0.25, 0.3) is 0 Å². The molecule has 148 valence electrons. The zero-order valence-corrected chi connectivity index (χ0v) is 15.6. The first-order chi connectivity index (χ1) is 13.5. The number of carbonyl (C=O) groups excluding carboxylic acids is 2. The van der Waals surface area contributed by atoms with Gasteiger partial charge in [-0.3, -0.25) is 9.59 Å². The Morgan fingerprint density at radius 2 is 2.00 bits per heavy atom. The minimum atomic E-state index is -0.577. The number of hydrogen-bond donors (Lipinski definition) is 2. The number of ether oxygens (including phenoxy) is 3. The van der Waals surface area contributed by atoms with E-state index in [1.165, 1.54) is 26.4 Å². The van der Waals surface area contributed by atoms with Gasteiger partial charge in [-0.05, 0) is 24.6 Å². The van der Waals surface area contributed by atoms with Gasteiger partial charge in [-0.15, -0.1) is 0 Å². The fraction of sp³-hybridized carbons (Fsp3) is 0.300. The summed E-state index contributed by atoms with van der Waals surface area (Å²) >= 11 is 0. The van der Waals surface area contributed by atoms with Gasteiger partial charge in [0.25, 0.3) is 0 Å². The Balaban J connectivity index is 1.80. The molecule has 1 fully saturated rings. The van der Waals surface area contributed by atoms with E-state index in [-0.39, 0.29) is 18.4 Å². The smallest absolute Gasteiger partial charge is 0.247 e. The van der Waals surface area contributed by atoms with E-state index in [2.05, 4.69) is 10.6 Å². The van der Waals surface area contributed by atoms with Crippen molar-refractivity contribution < 1.29 is 28.2 Å². The molecule has 0 aliphatic carbocycles. The van der Waals surface area contributed by atoms with Crippen LogP contribution >= 0.6 is 0 Å². The molecule has 2 aromatic carbocycles. The fourth-order valence-corrected chi connectivity index (χ4v) is 2.92. The molecule has 2 aromatic rings. The molecule has 0 bridgehead atoms. The number of hydrogen-bond acceptors (Lipinski definition) is 5. The van der Waals surface area contributed by atoms with E-state index in [1.54, 1.807) is 24.3 Å². The molecule has 1 heterocycles. The van der Waals surface area contributed by atoms with E-state index in [4.69, 9.17) is 14.2 Å². The van der Waals surface area contributed by atoms with Crippen molar-refractivity contribution >= 4 is 17.5 Å². The largest absolute Gasteiger partial charge is 0.496 e. The van der Waals surface area contributed by atoms with Crippen LogP contribution in [-0.4, -0.2) is 32.1 Å². The highest BCUT2D eigenvalue weighted by atomic mass is 19.1. The minimum absolute atomic E-state index is 0.0969. The lowest BCUT2D eigenvalue weighted by molar-refractivity contribution is -0.122. The van der Waals surface area contributed by atoms with E-state index in [0.717, 1.165) is 0 Å². The predicted molar refractivity (Wildman–Crippen MR) is 100 cm³/mol. The van der Waals surface area contributed by atoms with E-state index >= 15 is 0 Å². The second-order valence-electron chi connectivity index (χ2n) is 6.26. The summed E-state index contributed by atoms with van der Waals surface area (Å²) in [5.74, 6) is 0.407. The normalized spacial score (nSPS) is 15.7. The Morgan fingerprint density at radius 1 is 1.21 bits per heavy atom. The lowest BCUT2D eigenvalue weighted by Gasteiger charge is -2.17. The van der Waals surface area contributed by atoms with Gasteiger partial charge in [0.05, 0.1) is 19.9 Å². The molecule has 28 heavy (non-hydrogen) atoms. The van der Waals surface area contributed by atoms with Crippen LogP contribution in [0, 0.1) is 5.82 Å². The van der Waals surface area contributed by atoms with Crippen molar-refractivity contribution in [2.45, 2.75) is 25.5 Å². The molecular weight excluding hydrogens is 367 g/mol. The Kier molecular flexibility index (Phi) is 5.98. The lowest BCUT2D eigenvalue weighted by Crippen LogP contribution is -2.37. The average Bonchev–Trinajstić information content (AvgIpc) is 3.13. The Labute approximate surface area is 161 Å². The second kappa shape index (κ2) is 8.60. The molecule has 1 aliphatic rings. The molecule has 0 spiro atoms. The number of anilines is 1. The van der Waals surface area contributed by atoms with Crippen LogP contribution in [0.3, 0.4) is 0 Å². The first-order valence-corrected chi connectivity index (χ1v) is 8.73. The highest BCUT2D eigenvalue weighted by Crippen LogP contribution is 2.34. The molecule has 7 nitrogen and oxygen atoms in total. The SMILES string of the molecule is COc1cc(OC)c(NC(=O)C2CCC(=O)N2)cc1COc1cccc(F)c1. The van der Waals surface area contributed by atoms with Crippen molar-refractivity contribution in [3.63, 3.8) is 0 Å².